The molecule has 1 amide bonds. The van der Waals surface area contributed by atoms with Crippen LogP contribution in [-0.4, -0.2) is 28.6 Å². The molecule has 0 aliphatic carbocycles. The lowest BCUT2D eigenvalue weighted by molar-refractivity contribution is 0.0919. The van der Waals surface area contributed by atoms with Crippen LogP contribution in [0.2, 0.25) is 0 Å². The van der Waals surface area contributed by atoms with E-state index in [-0.39, 0.29) is 18.6 Å². The van der Waals surface area contributed by atoms with Gasteiger partial charge in [0.2, 0.25) is 0 Å². The summed E-state index contributed by atoms with van der Waals surface area (Å²) >= 11 is 1.35. The van der Waals surface area contributed by atoms with Crippen LogP contribution in [0.5, 0.6) is 0 Å². The van der Waals surface area contributed by atoms with Gasteiger partial charge in [0, 0.05) is 0 Å². The van der Waals surface area contributed by atoms with Gasteiger partial charge in [-0.15, -0.1) is 11.3 Å². The summed E-state index contributed by atoms with van der Waals surface area (Å²) in [7, 11) is 0. The molecule has 0 unspecified atom stereocenters. The van der Waals surface area contributed by atoms with Gasteiger partial charge in [0.25, 0.3) is 5.91 Å². The number of carbonyl (C=O) groups is 1. The van der Waals surface area contributed by atoms with Gasteiger partial charge < -0.3 is 10.4 Å². The third kappa shape index (κ3) is 2.78. The van der Waals surface area contributed by atoms with E-state index in [2.05, 4.69) is 10.3 Å². The zero-order valence-corrected chi connectivity index (χ0v) is 9.10. The fraction of sp³-hybridized carbons (Fsp3) is 0.556. The van der Waals surface area contributed by atoms with Gasteiger partial charge in [-0.2, -0.15) is 0 Å². The topological polar surface area (TPSA) is 62.2 Å². The molecular weight excluding hydrogens is 200 g/mol. The fourth-order valence-electron chi connectivity index (χ4n) is 1.000. The average molecular weight is 214 g/mol. The van der Waals surface area contributed by atoms with Crippen LogP contribution in [-0.2, 0) is 0 Å². The highest BCUT2D eigenvalue weighted by molar-refractivity contribution is 7.13. The summed E-state index contributed by atoms with van der Waals surface area (Å²) in [6, 6.07) is -0.162. The van der Waals surface area contributed by atoms with Crippen LogP contribution in [0.15, 0.2) is 6.20 Å². The van der Waals surface area contributed by atoms with E-state index in [1.54, 1.807) is 6.20 Å². The predicted molar refractivity (Wildman–Crippen MR) is 55.5 cm³/mol. The number of aliphatic hydroxyl groups excluding tert-OH is 1. The second-order valence-corrected chi connectivity index (χ2v) is 4.24. The fourth-order valence-corrected chi connectivity index (χ4v) is 1.68. The van der Waals surface area contributed by atoms with E-state index in [9.17, 15) is 4.79 Å². The van der Waals surface area contributed by atoms with Crippen LogP contribution < -0.4 is 5.32 Å². The van der Waals surface area contributed by atoms with E-state index in [1.165, 1.54) is 11.3 Å². The largest absolute Gasteiger partial charge is 0.394 e. The van der Waals surface area contributed by atoms with Crippen molar-refractivity contribution in [2.24, 2.45) is 0 Å². The average Bonchev–Trinajstić information content (AvgIpc) is 2.61. The van der Waals surface area contributed by atoms with Crippen molar-refractivity contribution in [2.45, 2.75) is 26.3 Å². The minimum atomic E-state index is -0.162. The summed E-state index contributed by atoms with van der Waals surface area (Å²) in [5, 5.41) is 12.5. The molecule has 0 bridgehead atoms. The van der Waals surface area contributed by atoms with Crippen LogP contribution in [0.1, 0.15) is 28.0 Å². The van der Waals surface area contributed by atoms with Crippen molar-refractivity contribution < 1.29 is 9.90 Å². The molecule has 0 fully saturated rings. The van der Waals surface area contributed by atoms with Gasteiger partial charge in [-0.25, -0.2) is 4.98 Å². The molecule has 4 nitrogen and oxygen atoms in total. The highest BCUT2D eigenvalue weighted by atomic mass is 32.1. The Labute approximate surface area is 87.0 Å². The molecule has 5 heteroatoms. The maximum absolute atomic E-state index is 11.5. The summed E-state index contributed by atoms with van der Waals surface area (Å²) in [6.45, 7) is 3.74. The van der Waals surface area contributed by atoms with Gasteiger partial charge in [0.15, 0.2) is 0 Å². The van der Waals surface area contributed by atoms with E-state index in [4.69, 9.17) is 5.11 Å². The zero-order valence-electron chi connectivity index (χ0n) is 8.28. The van der Waals surface area contributed by atoms with Gasteiger partial charge in [-0.3, -0.25) is 4.79 Å². The monoisotopic (exact) mass is 214 g/mol. The Kier molecular flexibility index (Phi) is 4.03. The molecule has 14 heavy (non-hydrogen) atoms. The molecule has 0 radical (unpaired) electrons. The number of aromatic nitrogens is 1. The number of hydrogen-bond donors (Lipinski definition) is 2. The van der Waals surface area contributed by atoms with Crippen molar-refractivity contribution in [3.8, 4) is 0 Å². The minimum Gasteiger partial charge on any atom is -0.394 e. The van der Waals surface area contributed by atoms with Crippen LogP contribution in [0.4, 0.5) is 0 Å². The van der Waals surface area contributed by atoms with Gasteiger partial charge in [0.05, 0.1) is 23.9 Å². The number of aliphatic hydroxyl groups is 1. The Morgan fingerprint density at radius 2 is 2.50 bits per heavy atom. The second-order valence-electron chi connectivity index (χ2n) is 3.00. The Morgan fingerprint density at radius 1 is 1.79 bits per heavy atom. The number of nitrogens with zero attached hydrogens (tertiary/aromatic N) is 1. The third-order valence-electron chi connectivity index (χ3n) is 1.89. The van der Waals surface area contributed by atoms with Gasteiger partial charge in [-0.1, -0.05) is 6.92 Å². The lowest BCUT2D eigenvalue weighted by Crippen LogP contribution is -2.36. The van der Waals surface area contributed by atoms with Crippen LogP contribution in [0, 0.1) is 6.92 Å². The first-order valence-corrected chi connectivity index (χ1v) is 5.33. The molecule has 0 saturated heterocycles. The van der Waals surface area contributed by atoms with E-state index in [0.29, 0.717) is 4.88 Å². The number of nitrogens with one attached hydrogen (secondary N) is 1. The molecule has 0 aliphatic rings. The molecule has 0 saturated carbocycles. The summed E-state index contributed by atoms with van der Waals surface area (Å²) in [5.74, 6) is -0.156. The van der Waals surface area contributed by atoms with E-state index >= 15 is 0 Å². The molecule has 2 N–H and O–H groups in total. The zero-order chi connectivity index (χ0) is 10.6. The van der Waals surface area contributed by atoms with E-state index in [1.807, 2.05) is 13.8 Å². The molecule has 1 aromatic heterocycles. The van der Waals surface area contributed by atoms with E-state index < -0.39 is 0 Å². The molecule has 0 aliphatic heterocycles. The first-order valence-electron chi connectivity index (χ1n) is 4.51. The molecule has 1 rings (SSSR count). The van der Waals surface area contributed by atoms with Crippen molar-refractivity contribution in [3.63, 3.8) is 0 Å². The lowest BCUT2D eigenvalue weighted by atomic mass is 10.2. The van der Waals surface area contributed by atoms with Crippen LogP contribution in [0.25, 0.3) is 0 Å². The van der Waals surface area contributed by atoms with Crippen molar-refractivity contribution >= 4 is 17.2 Å². The second kappa shape index (κ2) is 5.07. The molecule has 1 atom stereocenters. The van der Waals surface area contributed by atoms with Gasteiger partial charge in [-0.05, 0) is 13.3 Å². The summed E-state index contributed by atoms with van der Waals surface area (Å²) in [5.41, 5.74) is 0. The summed E-state index contributed by atoms with van der Waals surface area (Å²) < 4.78 is 0. The third-order valence-corrected chi connectivity index (χ3v) is 2.81. The minimum absolute atomic E-state index is 0.0278. The first-order chi connectivity index (χ1) is 6.67. The summed E-state index contributed by atoms with van der Waals surface area (Å²) in [4.78, 5) is 16.1. The molecule has 1 heterocycles. The molecule has 0 spiro atoms. The van der Waals surface area contributed by atoms with Crippen molar-refractivity contribution in [1.29, 1.82) is 0 Å². The number of carbonyl (C=O) groups excluding carboxylic acids is 1. The number of hydrogen-bond acceptors (Lipinski definition) is 4. The Hall–Kier alpha value is -0.940. The molecular formula is C9H14N2O2S. The maximum Gasteiger partial charge on any atom is 0.263 e. The van der Waals surface area contributed by atoms with Gasteiger partial charge in [0.1, 0.15) is 4.88 Å². The van der Waals surface area contributed by atoms with Crippen LogP contribution in [0.3, 0.4) is 0 Å². The number of aryl methyl sites for hydroxylation is 1. The number of amides is 1. The van der Waals surface area contributed by atoms with Gasteiger partial charge >= 0.3 is 0 Å². The SMILES string of the molecule is CC[C@H](CO)NC(=O)c1cnc(C)s1. The lowest BCUT2D eigenvalue weighted by Gasteiger charge is -2.12. The van der Waals surface area contributed by atoms with Crippen LogP contribution >= 0.6 is 11.3 Å². The van der Waals surface area contributed by atoms with Crippen molar-refractivity contribution in [2.75, 3.05) is 6.61 Å². The molecule has 78 valence electrons. The first kappa shape index (κ1) is 11.1. The van der Waals surface area contributed by atoms with Crippen molar-refractivity contribution in [3.05, 3.63) is 16.1 Å². The Balaban J connectivity index is 2.58. The molecule has 1 aromatic rings. The normalized spacial score (nSPS) is 12.5. The quantitative estimate of drug-likeness (QED) is 0.784. The van der Waals surface area contributed by atoms with E-state index in [0.717, 1.165) is 11.4 Å². The standard InChI is InChI=1S/C9H14N2O2S/c1-3-7(5-12)11-9(13)8-4-10-6(2)14-8/h4,7,12H,3,5H2,1-2H3,(H,11,13)/t7-/m1/s1. The number of thiazole rings is 1. The Bertz CT molecular complexity index is 308. The molecule has 0 aromatic carbocycles. The highest BCUT2D eigenvalue weighted by Gasteiger charge is 2.12. The summed E-state index contributed by atoms with van der Waals surface area (Å²) in [6.07, 6.45) is 2.28. The maximum atomic E-state index is 11.5. The number of rotatable bonds is 4. The Morgan fingerprint density at radius 3 is 2.93 bits per heavy atom. The smallest absolute Gasteiger partial charge is 0.263 e. The van der Waals surface area contributed by atoms with Crippen molar-refractivity contribution in [1.82, 2.24) is 10.3 Å². The predicted octanol–water partition coefficient (Wildman–Crippen LogP) is 0.952. The highest BCUT2D eigenvalue weighted by Crippen LogP contribution is 2.11.